The first-order chi connectivity index (χ1) is 71.4. The van der Waals surface area contributed by atoms with E-state index in [-0.39, 0.29) is 0 Å². The molecule has 24 aromatic carbocycles. The number of hydrogen-bond acceptors (Lipinski definition) is 8. The van der Waals surface area contributed by atoms with E-state index in [1.165, 1.54) is 169 Å². The number of nitrogens with zero attached hydrogens (tertiary/aromatic N) is 10. The van der Waals surface area contributed by atoms with Crippen LogP contribution in [-0.2, 0) is 0 Å². The lowest BCUT2D eigenvalue weighted by molar-refractivity contribution is 0.893. The average Bonchev–Trinajstić information content (AvgIpc) is 1.55. The fraction of sp³-hybridized carbons (Fsp3) is 0. The summed E-state index contributed by atoms with van der Waals surface area (Å²) in [7, 11) is 0. The Hall–Kier alpha value is -19.4. The first-order valence-electron chi connectivity index (χ1n) is 49.0. The molecule has 0 atom stereocenters. The van der Waals surface area contributed by atoms with Gasteiger partial charge in [-0.15, -0.1) is 0 Å². The summed E-state index contributed by atoms with van der Waals surface area (Å²) in [6.45, 7) is 0. The number of rotatable bonds is 9. The molecule has 664 valence electrons. The fourth-order valence-corrected chi connectivity index (χ4v) is 23.7. The Morgan fingerprint density at radius 3 is 1.10 bits per heavy atom. The SMILES string of the molecule is c1ccc(-c2ccc3c(-c4ccnc(-c5ccc6c7c(cc8ccccc8c57)-c5cc7ccccc7cc5-6)n4)cccc3c2)cc1.c1ccc(-c2nc(-c3ccc4ccccc4c3)nc(-c3ccc4c5c(cccc35)-c3c-4c4ccccc4c4ccccc34)n2)cc1.c1ccc2c(c1)-c1ccc(-c3nc(-n4c5ccccc5c5ccccc54)nc(-n4c5ccccc5c5ccccc54)n3)c3c1c-2cc1ccccc13. The van der Waals surface area contributed by atoms with E-state index in [1.807, 2.05) is 30.5 Å². The average molecular weight is 1830 g/mol. The van der Waals surface area contributed by atoms with Crippen molar-refractivity contribution in [3.8, 4) is 158 Å². The summed E-state index contributed by atoms with van der Waals surface area (Å²) in [5.41, 5.74) is 28.9. The van der Waals surface area contributed by atoms with Crippen LogP contribution in [0.25, 0.3) is 309 Å². The fourth-order valence-electron chi connectivity index (χ4n) is 23.7. The van der Waals surface area contributed by atoms with E-state index in [9.17, 15) is 0 Å². The highest BCUT2D eigenvalue weighted by Gasteiger charge is 2.33. The van der Waals surface area contributed by atoms with Crippen molar-refractivity contribution in [3.05, 3.63) is 473 Å². The first-order valence-corrected chi connectivity index (χ1v) is 49.0. The third kappa shape index (κ3) is 12.5. The van der Waals surface area contributed by atoms with Gasteiger partial charge in [0.2, 0.25) is 11.9 Å². The van der Waals surface area contributed by atoms with E-state index in [4.69, 9.17) is 39.9 Å². The second-order valence-electron chi connectivity index (χ2n) is 37.7. The molecule has 29 aromatic rings. The first kappa shape index (κ1) is 80.7. The highest BCUT2D eigenvalue weighted by atomic mass is 15.3. The molecule has 5 heterocycles. The summed E-state index contributed by atoms with van der Waals surface area (Å²) in [5.74, 6) is 4.53. The number of para-hydroxylation sites is 4. The molecule has 0 fully saturated rings. The standard InChI is InChI=1S/C47H27N5.C44H26N2.C43H25N3/c1-2-14-29-28(13-1)27-38-31-16-4-3-15-30(31)36-25-26-37(43(29)44(36)38)45-48-46(51-39-21-9-5-17-32(39)33-18-6-10-22-40(33)51)50-47(49-45)52-41-23-11-7-19-34(41)35-20-8-12-24-42(35)52;1-2-9-27(10-3-1)30-17-18-33-31(23-30)14-8-16-35(33)41-21-22-45-44(46-41)37-20-19-36-38-24-28-11-4-5-12-29(28)25-39(38)40-26-32-13-6-7-15-34(32)42(37)43(36)40;1-2-12-27(13-3-1)41-44-42(29-22-21-26-11-4-5-14-28(26)25-29)46-43(45-41)35-23-24-37-38-34(35)19-10-20-36(38)39-32-17-8-6-15-30(32)31-16-7-9-18-33(31)40(37)39/h1-27H;1-26H;1-25H. The molecule has 0 N–H and O–H groups in total. The van der Waals surface area contributed by atoms with Crippen molar-refractivity contribution >= 4 is 151 Å². The van der Waals surface area contributed by atoms with E-state index in [0.717, 1.165) is 105 Å². The summed E-state index contributed by atoms with van der Waals surface area (Å²) >= 11 is 0. The molecular weight excluding hydrogens is 1750 g/mol. The molecule has 32 rings (SSSR count). The van der Waals surface area contributed by atoms with Crippen LogP contribution in [0, 0.1) is 0 Å². The van der Waals surface area contributed by atoms with Crippen LogP contribution in [-0.4, -0.2) is 49.0 Å². The van der Waals surface area contributed by atoms with Gasteiger partial charge in [-0.25, -0.2) is 24.9 Å². The van der Waals surface area contributed by atoms with Crippen molar-refractivity contribution in [1.82, 2.24) is 49.0 Å². The molecule has 0 spiro atoms. The molecule has 0 unspecified atom stereocenters. The molecule has 0 saturated heterocycles. The lowest BCUT2D eigenvalue weighted by atomic mass is 9.90. The Morgan fingerprint density at radius 2 is 0.514 bits per heavy atom. The molecule has 0 amide bonds. The van der Waals surface area contributed by atoms with Crippen LogP contribution in [0.1, 0.15) is 0 Å². The Morgan fingerprint density at radius 1 is 0.146 bits per heavy atom. The maximum atomic E-state index is 5.43. The minimum atomic E-state index is 0.579. The van der Waals surface area contributed by atoms with Crippen LogP contribution in [0.4, 0.5) is 0 Å². The van der Waals surface area contributed by atoms with Crippen molar-refractivity contribution in [3.63, 3.8) is 0 Å². The number of fused-ring (bicyclic) bond motifs is 27. The monoisotopic (exact) mass is 1830 g/mol. The second-order valence-corrected chi connectivity index (χ2v) is 37.7. The lowest BCUT2D eigenvalue weighted by Gasteiger charge is -2.15. The minimum absolute atomic E-state index is 0.579. The van der Waals surface area contributed by atoms with Crippen LogP contribution in [0.15, 0.2) is 473 Å². The van der Waals surface area contributed by atoms with Crippen LogP contribution < -0.4 is 0 Å². The Bertz CT molecular complexity index is 10300. The predicted octanol–water partition coefficient (Wildman–Crippen LogP) is 34.6. The molecule has 10 nitrogen and oxygen atoms in total. The van der Waals surface area contributed by atoms with E-state index < -0.39 is 0 Å². The minimum Gasteiger partial charge on any atom is -0.278 e. The zero-order valence-corrected chi connectivity index (χ0v) is 77.5. The smallest absolute Gasteiger partial charge is 0.240 e. The lowest BCUT2D eigenvalue weighted by Crippen LogP contribution is -2.10. The number of hydrogen-bond donors (Lipinski definition) is 0. The van der Waals surface area contributed by atoms with Gasteiger partial charge in [0.15, 0.2) is 29.1 Å². The van der Waals surface area contributed by atoms with Gasteiger partial charge in [0.1, 0.15) is 0 Å². The van der Waals surface area contributed by atoms with E-state index in [0.29, 0.717) is 35.2 Å². The maximum absolute atomic E-state index is 5.43. The highest BCUT2D eigenvalue weighted by Crippen LogP contribution is 2.58. The molecule has 0 aliphatic heterocycles. The van der Waals surface area contributed by atoms with Gasteiger partial charge in [0, 0.05) is 71.9 Å². The second kappa shape index (κ2) is 32.1. The van der Waals surface area contributed by atoms with Gasteiger partial charge < -0.3 is 0 Å². The van der Waals surface area contributed by atoms with Crippen molar-refractivity contribution in [2.24, 2.45) is 0 Å². The molecular formula is C134H78N10. The van der Waals surface area contributed by atoms with Crippen LogP contribution in [0.3, 0.4) is 0 Å². The van der Waals surface area contributed by atoms with Crippen molar-refractivity contribution in [2.75, 3.05) is 0 Å². The van der Waals surface area contributed by atoms with Gasteiger partial charge in [-0.05, 0) is 260 Å². The Labute approximate surface area is 825 Å². The number of benzene rings is 24. The summed E-state index contributed by atoms with van der Waals surface area (Å²) in [5, 5.41) is 29.2. The number of aromatic nitrogens is 10. The predicted molar refractivity (Wildman–Crippen MR) is 597 cm³/mol. The molecule has 3 aliphatic carbocycles. The Kier molecular flexibility index (Phi) is 18.0. The summed E-state index contributed by atoms with van der Waals surface area (Å²) in [6.07, 6.45) is 1.90. The normalized spacial score (nSPS) is 12.0. The third-order valence-corrected chi connectivity index (χ3v) is 30.0. The van der Waals surface area contributed by atoms with E-state index in [2.05, 4.69) is 452 Å². The van der Waals surface area contributed by atoms with Gasteiger partial charge >= 0.3 is 0 Å². The largest absolute Gasteiger partial charge is 0.278 e. The molecule has 5 aromatic heterocycles. The maximum Gasteiger partial charge on any atom is 0.240 e. The van der Waals surface area contributed by atoms with Gasteiger partial charge in [-0.3, -0.25) is 9.13 Å². The zero-order valence-electron chi connectivity index (χ0n) is 77.5. The summed E-state index contributed by atoms with van der Waals surface area (Å²) in [6, 6.07) is 167. The van der Waals surface area contributed by atoms with Crippen molar-refractivity contribution in [1.29, 1.82) is 0 Å². The molecule has 0 radical (unpaired) electrons. The van der Waals surface area contributed by atoms with Crippen LogP contribution in [0.5, 0.6) is 0 Å². The van der Waals surface area contributed by atoms with Gasteiger partial charge in [-0.1, -0.05) is 382 Å². The molecule has 0 saturated carbocycles. The summed E-state index contributed by atoms with van der Waals surface area (Å²) in [4.78, 5) is 41.7. The topological polar surface area (TPSA) is 113 Å². The molecule has 0 bridgehead atoms. The molecule has 144 heavy (non-hydrogen) atoms. The highest BCUT2D eigenvalue weighted by molar-refractivity contribution is 6.33. The van der Waals surface area contributed by atoms with E-state index >= 15 is 0 Å². The van der Waals surface area contributed by atoms with Crippen LogP contribution >= 0.6 is 0 Å². The summed E-state index contributed by atoms with van der Waals surface area (Å²) < 4.78 is 4.39. The van der Waals surface area contributed by atoms with Gasteiger partial charge in [0.05, 0.1) is 27.8 Å². The Balaban J connectivity index is 0.000000101. The van der Waals surface area contributed by atoms with Crippen molar-refractivity contribution in [2.45, 2.75) is 0 Å². The third-order valence-electron chi connectivity index (χ3n) is 30.0. The van der Waals surface area contributed by atoms with Gasteiger partial charge in [-0.2, -0.15) is 15.0 Å². The van der Waals surface area contributed by atoms with Gasteiger partial charge in [0.25, 0.3) is 0 Å². The van der Waals surface area contributed by atoms with E-state index in [1.54, 1.807) is 0 Å². The molecule has 3 aliphatic rings. The van der Waals surface area contributed by atoms with Crippen molar-refractivity contribution < 1.29 is 0 Å². The quantitative estimate of drug-likeness (QED) is 0.131. The van der Waals surface area contributed by atoms with Crippen LogP contribution in [0.2, 0.25) is 0 Å². The molecule has 10 heteroatoms. The zero-order chi connectivity index (χ0) is 94.3.